The third-order valence-corrected chi connectivity index (χ3v) is 6.24. The summed E-state index contributed by atoms with van der Waals surface area (Å²) >= 11 is 0. The van der Waals surface area contributed by atoms with E-state index in [1.165, 1.54) is 57.0 Å². The highest BCUT2D eigenvalue weighted by atomic mass is 32.2. The lowest BCUT2D eigenvalue weighted by Gasteiger charge is -2.22. The first-order valence-electron chi connectivity index (χ1n) is 10.1. The second-order valence-corrected chi connectivity index (χ2v) is 8.63. The number of amides is 1. The van der Waals surface area contributed by atoms with Crippen LogP contribution in [-0.2, 0) is 19.6 Å². The normalized spacial score (nSPS) is 11.0. The fourth-order valence-electron chi connectivity index (χ4n) is 2.83. The van der Waals surface area contributed by atoms with Crippen molar-refractivity contribution in [3.05, 3.63) is 78.5 Å². The highest BCUT2D eigenvalue weighted by molar-refractivity contribution is 7.92. The van der Waals surface area contributed by atoms with Crippen molar-refractivity contribution in [2.75, 3.05) is 25.1 Å². The van der Waals surface area contributed by atoms with Gasteiger partial charge in [0.05, 0.1) is 25.3 Å². The molecule has 35 heavy (non-hydrogen) atoms. The Balaban J connectivity index is 1.74. The molecule has 0 fully saturated rings. The van der Waals surface area contributed by atoms with E-state index >= 15 is 0 Å². The summed E-state index contributed by atoms with van der Waals surface area (Å²) in [5.74, 6) is -0.232. The molecule has 12 heteroatoms. The van der Waals surface area contributed by atoms with E-state index in [1.807, 2.05) is 0 Å². The van der Waals surface area contributed by atoms with Crippen molar-refractivity contribution in [1.82, 2.24) is 10.4 Å². The van der Waals surface area contributed by atoms with Crippen LogP contribution in [-0.4, -0.2) is 52.4 Å². The second kappa shape index (κ2) is 11.6. The minimum absolute atomic E-state index is 0.0170. The molecule has 0 radical (unpaired) electrons. The molecular weight excluding hydrogens is 476 g/mol. The maximum atomic E-state index is 13.2. The number of carbonyl (C=O) groups excluding carboxylic acids is 2. The van der Waals surface area contributed by atoms with Crippen LogP contribution < -0.4 is 19.2 Å². The zero-order valence-corrected chi connectivity index (χ0v) is 19.6. The van der Waals surface area contributed by atoms with E-state index in [4.69, 9.17) is 9.47 Å². The first-order chi connectivity index (χ1) is 16.8. The number of hydrazone groups is 1. The monoisotopic (exact) mass is 498 g/mol. The Morgan fingerprint density at radius 2 is 1.77 bits per heavy atom. The predicted molar refractivity (Wildman–Crippen MR) is 127 cm³/mol. The van der Waals surface area contributed by atoms with Gasteiger partial charge in [-0.2, -0.15) is 5.10 Å². The van der Waals surface area contributed by atoms with Crippen LogP contribution in [0.3, 0.4) is 0 Å². The fraction of sp³-hybridized carbons (Fsp3) is 0.130. The van der Waals surface area contributed by atoms with Crippen LogP contribution in [0.5, 0.6) is 11.5 Å². The number of pyridine rings is 1. The zero-order valence-electron chi connectivity index (χ0n) is 18.8. The Hall–Kier alpha value is -4.45. The van der Waals surface area contributed by atoms with Crippen molar-refractivity contribution >= 4 is 34.1 Å². The minimum Gasteiger partial charge on any atom is -0.493 e. The Morgan fingerprint density at radius 1 is 1.03 bits per heavy atom. The van der Waals surface area contributed by atoms with E-state index in [2.05, 4.69) is 20.2 Å². The summed E-state index contributed by atoms with van der Waals surface area (Å²) in [6, 6.07) is 17.0. The standard InChI is InChI=1S/C23H22N4O7S/c1-32-20-14-17(11-12-19(20)34-23(29)33-2)15-25-26-22(28)16-27(21-10-6-7-13-24-21)35(30,31)18-8-4-3-5-9-18/h3-15H,16H2,1-2H3,(H,26,28)/b25-15-. The molecule has 0 bridgehead atoms. The Kier molecular flexibility index (Phi) is 8.35. The Morgan fingerprint density at radius 3 is 2.43 bits per heavy atom. The van der Waals surface area contributed by atoms with Gasteiger partial charge < -0.3 is 14.2 Å². The number of aromatic nitrogens is 1. The summed E-state index contributed by atoms with van der Waals surface area (Å²) in [4.78, 5) is 28.0. The first kappa shape index (κ1) is 25.2. The maximum Gasteiger partial charge on any atom is 0.513 e. The zero-order chi connectivity index (χ0) is 25.3. The molecule has 0 saturated carbocycles. The quantitative estimate of drug-likeness (QED) is 0.206. The van der Waals surface area contributed by atoms with E-state index in [0.29, 0.717) is 5.56 Å². The number of hydrogen-bond donors (Lipinski definition) is 1. The number of anilines is 1. The molecule has 3 rings (SSSR count). The van der Waals surface area contributed by atoms with Gasteiger partial charge in [-0.3, -0.25) is 4.79 Å². The van der Waals surface area contributed by atoms with E-state index in [1.54, 1.807) is 36.4 Å². The summed E-state index contributed by atoms with van der Waals surface area (Å²) < 4.78 is 41.8. The number of nitrogens with zero attached hydrogens (tertiary/aromatic N) is 3. The summed E-state index contributed by atoms with van der Waals surface area (Å²) in [6.07, 6.45) is 1.85. The third-order valence-electron chi connectivity index (χ3n) is 4.47. The van der Waals surface area contributed by atoms with Crippen LogP contribution in [0.15, 0.2) is 82.9 Å². The minimum atomic E-state index is -4.06. The molecule has 1 aromatic heterocycles. The second-order valence-electron chi connectivity index (χ2n) is 6.77. The molecule has 0 aliphatic rings. The molecule has 1 N–H and O–H groups in total. The van der Waals surface area contributed by atoms with E-state index in [0.717, 1.165) is 4.31 Å². The molecular formula is C23H22N4O7S. The number of methoxy groups -OCH3 is 2. The van der Waals surface area contributed by atoms with Gasteiger partial charge in [-0.1, -0.05) is 24.3 Å². The van der Waals surface area contributed by atoms with Crippen LogP contribution in [0.25, 0.3) is 0 Å². The smallest absolute Gasteiger partial charge is 0.493 e. The van der Waals surface area contributed by atoms with E-state index in [-0.39, 0.29) is 22.2 Å². The van der Waals surface area contributed by atoms with E-state index in [9.17, 15) is 18.0 Å². The van der Waals surface area contributed by atoms with Crippen molar-refractivity contribution in [3.63, 3.8) is 0 Å². The summed E-state index contributed by atoms with van der Waals surface area (Å²) in [6.45, 7) is -0.555. The molecule has 0 spiro atoms. The molecule has 1 heterocycles. The topological polar surface area (TPSA) is 136 Å². The van der Waals surface area contributed by atoms with Crippen LogP contribution in [0.4, 0.5) is 10.6 Å². The molecule has 2 aromatic carbocycles. The molecule has 0 aliphatic heterocycles. The molecule has 11 nitrogen and oxygen atoms in total. The van der Waals surface area contributed by atoms with E-state index < -0.39 is 28.6 Å². The largest absolute Gasteiger partial charge is 0.513 e. The number of sulfonamides is 1. The van der Waals surface area contributed by atoms with Gasteiger partial charge in [-0.15, -0.1) is 0 Å². The highest BCUT2D eigenvalue weighted by Crippen LogP contribution is 2.28. The maximum absolute atomic E-state index is 13.2. The molecule has 0 unspecified atom stereocenters. The number of hydrogen-bond acceptors (Lipinski definition) is 9. The molecule has 182 valence electrons. The Bertz CT molecular complexity index is 1300. The van der Waals surface area contributed by atoms with Crippen molar-refractivity contribution in [2.45, 2.75) is 4.90 Å². The third kappa shape index (κ3) is 6.54. The number of rotatable bonds is 9. The molecule has 0 aliphatic carbocycles. The molecule has 0 atom stereocenters. The average molecular weight is 499 g/mol. The SMILES string of the molecule is COC(=O)Oc1ccc(/C=N\NC(=O)CN(c2ccccn2)S(=O)(=O)c2ccccc2)cc1OC. The van der Waals surface area contributed by atoms with Gasteiger partial charge in [0.25, 0.3) is 15.9 Å². The lowest BCUT2D eigenvalue weighted by molar-refractivity contribution is -0.119. The van der Waals surface area contributed by atoms with Gasteiger partial charge in [0.15, 0.2) is 11.5 Å². The van der Waals surface area contributed by atoms with Crippen molar-refractivity contribution in [1.29, 1.82) is 0 Å². The predicted octanol–water partition coefficient (Wildman–Crippen LogP) is 2.58. The number of nitrogens with one attached hydrogen (secondary N) is 1. The van der Waals surface area contributed by atoms with Gasteiger partial charge in [-0.05, 0) is 48.0 Å². The molecule has 3 aromatic rings. The first-order valence-corrected chi connectivity index (χ1v) is 11.5. The summed E-state index contributed by atoms with van der Waals surface area (Å²) in [7, 11) is -1.49. The van der Waals surface area contributed by atoms with Gasteiger partial charge in [0.2, 0.25) is 0 Å². The van der Waals surface area contributed by atoms with Gasteiger partial charge >= 0.3 is 6.16 Å². The van der Waals surface area contributed by atoms with Crippen LogP contribution in [0, 0.1) is 0 Å². The van der Waals surface area contributed by atoms with Crippen molar-refractivity contribution in [3.8, 4) is 11.5 Å². The van der Waals surface area contributed by atoms with Crippen LogP contribution in [0.2, 0.25) is 0 Å². The fourth-order valence-corrected chi connectivity index (χ4v) is 4.23. The van der Waals surface area contributed by atoms with Gasteiger partial charge in [0.1, 0.15) is 12.4 Å². The van der Waals surface area contributed by atoms with Gasteiger partial charge in [-0.25, -0.2) is 27.9 Å². The van der Waals surface area contributed by atoms with Crippen LogP contribution >= 0.6 is 0 Å². The average Bonchev–Trinajstić information content (AvgIpc) is 2.88. The lowest BCUT2D eigenvalue weighted by Crippen LogP contribution is -2.40. The molecule has 1 amide bonds. The Labute approximate surface area is 202 Å². The summed E-state index contributed by atoms with van der Waals surface area (Å²) in [5.41, 5.74) is 2.81. The summed E-state index contributed by atoms with van der Waals surface area (Å²) in [5, 5.41) is 3.87. The van der Waals surface area contributed by atoms with Crippen molar-refractivity contribution < 1.29 is 32.2 Å². The van der Waals surface area contributed by atoms with Crippen LogP contribution in [0.1, 0.15) is 5.56 Å². The lowest BCUT2D eigenvalue weighted by atomic mass is 10.2. The van der Waals surface area contributed by atoms with Gasteiger partial charge in [0, 0.05) is 6.20 Å². The van der Waals surface area contributed by atoms with Crippen molar-refractivity contribution in [2.24, 2.45) is 5.10 Å². The highest BCUT2D eigenvalue weighted by Gasteiger charge is 2.27. The molecule has 0 saturated heterocycles. The number of carbonyl (C=O) groups is 2. The number of ether oxygens (including phenoxy) is 3. The number of benzene rings is 2.